The SMILES string of the molecule is CCCCNC(=NCC(=O)N(C)C)NCC(c1ccccc1)N1CCCC1.I. The molecule has 1 amide bonds. The molecule has 1 heterocycles. The van der Waals surface area contributed by atoms with Crippen LogP contribution in [-0.4, -0.2) is 68.5 Å². The van der Waals surface area contributed by atoms with Crippen molar-refractivity contribution < 1.29 is 4.79 Å². The first-order chi connectivity index (χ1) is 13.1. The number of nitrogens with one attached hydrogen (secondary N) is 2. The summed E-state index contributed by atoms with van der Waals surface area (Å²) in [6, 6.07) is 11.0. The number of halogens is 1. The van der Waals surface area contributed by atoms with E-state index in [9.17, 15) is 4.79 Å². The van der Waals surface area contributed by atoms with Crippen molar-refractivity contribution in [3.8, 4) is 0 Å². The molecule has 0 bridgehead atoms. The van der Waals surface area contributed by atoms with Crippen molar-refractivity contribution >= 4 is 35.8 Å². The van der Waals surface area contributed by atoms with Gasteiger partial charge in [0.1, 0.15) is 6.54 Å². The molecule has 1 aliphatic rings. The van der Waals surface area contributed by atoms with Crippen LogP contribution in [0.2, 0.25) is 0 Å². The summed E-state index contributed by atoms with van der Waals surface area (Å²) in [6.45, 7) is 6.23. The lowest BCUT2D eigenvalue weighted by molar-refractivity contribution is -0.127. The molecular weight excluding hydrogens is 465 g/mol. The van der Waals surface area contributed by atoms with Crippen molar-refractivity contribution in [1.29, 1.82) is 0 Å². The molecule has 0 aromatic heterocycles. The number of carbonyl (C=O) groups excluding carboxylic acids is 1. The number of benzene rings is 1. The molecule has 0 spiro atoms. The predicted octanol–water partition coefficient (Wildman–Crippen LogP) is 2.87. The summed E-state index contributed by atoms with van der Waals surface area (Å²) >= 11 is 0. The number of rotatable bonds is 9. The van der Waals surface area contributed by atoms with Gasteiger partial charge in [-0.15, -0.1) is 24.0 Å². The van der Waals surface area contributed by atoms with Gasteiger partial charge in [0.15, 0.2) is 5.96 Å². The van der Waals surface area contributed by atoms with Crippen LogP contribution in [0.4, 0.5) is 0 Å². The van der Waals surface area contributed by atoms with Gasteiger partial charge in [0, 0.05) is 27.2 Å². The van der Waals surface area contributed by atoms with Crippen LogP contribution in [0, 0.1) is 0 Å². The van der Waals surface area contributed by atoms with Crippen LogP contribution in [0.1, 0.15) is 44.2 Å². The number of guanidine groups is 1. The van der Waals surface area contributed by atoms with E-state index < -0.39 is 0 Å². The van der Waals surface area contributed by atoms with Crippen molar-refractivity contribution in [2.45, 2.75) is 38.6 Å². The van der Waals surface area contributed by atoms with Crippen LogP contribution in [-0.2, 0) is 4.79 Å². The highest BCUT2D eigenvalue weighted by atomic mass is 127. The van der Waals surface area contributed by atoms with Gasteiger partial charge in [-0.3, -0.25) is 9.69 Å². The third-order valence-corrected chi connectivity index (χ3v) is 4.92. The molecule has 0 saturated carbocycles. The van der Waals surface area contributed by atoms with E-state index >= 15 is 0 Å². The average Bonchev–Trinajstić information content (AvgIpc) is 3.20. The Hall–Kier alpha value is -1.35. The van der Waals surface area contributed by atoms with Crippen LogP contribution < -0.4 is 10.6 Å². The first-order valence-electron chi connectivity index (χ1n) is 10.1. The Morgan fingerprint density at radius 1 is 1.18 bits per heavy atom. The standard InChI is InChI=1S/C21H35N5O.HI/c1-4-5-13-22-21(24-17-20(27)25(2)3)23-16-19(26-14-9-10-15-26)18-11-7-6-8-12-18;/h6-8,11-12,19H,4-5,9-10,13-17H2,1-3H3,(H2,22,23,24);1H. The second-order valence-electron chi connectivity index (χ2n) is 7.28. The molecule has 1 atom stereocenters. The molecule has 2 rings (SSSR count). The van der Waals surface area contributed by atoms with E-state index in [1.54, 1.807) is 19.0 Å². The fourth-order valence-corrected chi connectivity index (χ4v) is 3.23. The zero-order valence-corrected chi connectivity index (χ0v) is 19.8. The maximum atomic E-state index is 11.9. The third kappa shape index (κ3) is 8.34. The summed E-state index contributed by atoms with van der Waals surface area (Å²) in [5.74, 6) is 0.726. The summed E-state index contributed by atoms with van der Waals surface area (Å²) in [5.41, 5.74) is 1.32. The van der Waals surface area contributed by atoms with Crippen LogP contribution in [0.25, 0.3) is 0 Å². The number of hydrogen-bond acceptors (Lipinski definition) is 3. The Morgan fingerprint density at radius 3 is 2.46 bits per heavy atom. The molecule has 1 fully saturated rings. The van der Waals surface area contributed by atoms with Gasteiger partial charge >= 0.3 is 0 Å². The molecule has 7 heteroatoms. The number of nitrogens with zero attached hydrogens (tertiary/aromatic N) is 3. The number of likely N-dealkylation sites (N-methyl/N-ethyl adjacent to an activating group) is 1. The van der Waals surface area contributed by atoms with Crippen molar-refractivity contribution in [2.24, 2.45) is 4.99 Å². The number of hydrogen-bond donors (Lipinski definition) is 2. The Labute approximate surface area is 187 Å². The molecule has 6 nitrogen and oxygen atoms in total. The number of carbonyl (C=O) groups is 1. The molecule has 0 aliphatic carbocycles. The Morgan fingerprint density at radius 2 is 1.86 bits per heavy atom. The molecule has 2 N–H and O–H groups in total. The lowest BCUT2D eigenvalue weighted by Gasteiger charge is -2.29. The first kappa shape index (κ1) is 24.7. The Balaban J connectivity index is 0.00000392. The van der Waals surface area contributed by atoms with Gasteiger partial charge in [0.25, 0.3) is 0 Å². The summed E-state index contributed by atoms with van der Waals surface area (Å²) in [4.78, 5) is 20.5. The van der Waals surface area contributed by atoms with Crippen molar-refractivity contribution in [3.63, 3.8) is 0 Å². The van der Waals surface area contributed by atoms with Crippen molar-refractivity contribution in [2.75, 3.05) is 46.8 Å². The van der Waals surface area contributed by atoms with Gasteiger partial charge in [0.05, 0.1) is 6.04 Å². The second kappa shape index (κ2) is 13.8. The summed E-state index contributed by atoms with van der Waals surface area (Å²) < 4.78 is 0. The van der Waals surface area contributed by atoms with Crippen molar-refractivity contribution in [3.05, 3.63) is 35.9 Å². The van der Waals surface area contributed by atoms with E-state index in [-0.39, 0.29) is 36.4 Å². The van der Waals surface area contributed by atoms with Gasteiger partial charge in [-0.25, -0.2) is 4.99 Å². The predicted molar refractivity (Wildman–Crippen MR) is 127 cm³/mol. The summed E-state index contributed by atoms with van der Waals surface area (Å²) in [6.07, 6.45) is 4.72. The van der Waals surface area contributed by atoms with E-state index in [0.717, 1.165) is 45.0 Å². The van der Waals surface area contributed by atoms with E-state index in [1.165, 1.54) is 18.4 Å². The van der Waals surface area contributed by atoms with Crippen LogP contribution in [0.3, 0.4) is 0 Å². The third-order valence-electron chi connectivity index (χ3n) is 4.92. The minimum atomic E-state index is 0. The van der Waals surface area contributed by atoms with E-state index in [2.05, 4.69) is 57.8 Å². The second-order valence-corrected chi connectivity index (χ2v) is 7.28. The highest BCUT2D eigenvalue weighted by molar-refractivity contribution is 14.0. The molecule has 1 aromatic carbocycles. The monoisotopic (exact) mass is 501 g/mol. The van der Waals surface area contributed by atoms with Crippen LogP contribution in [0.5, 0.6) is 0 Å². The highest BCUT2D eigenvalue weighted by Crippen LogP contribution is 2.24. The van der Waals surface area contributed by atoms with Gasteiger partial charge in [-0.2, -0.15) is 0 Å². The molecule has 158 valence electrons. The van der Waals surface area contributed by atoms with Gasteiger partial charge in [-0.05, 0) is 37.9 Å². The van der Waals surface area contributed by atoms with Gasteiger partial charge in [0.2, 0.25) is 5.91 Å². The van der Waals surface area contributed by atoms with Gasteiger partial charge in [-0.1, -0.05) is 43.7 Å². The van der Waals surface area contributed by atoms with E-state index in [4.69, 9.17) is 0 Å². The molecule has 1 saturated heterocycles. The fraction of sp³-hybridized carbons (Fsp3) is 0.619. The van der Waals surface area contributed by atoms with Crippen LogP contribution >= 0.6 is 24.0 Å². The van der Waals surface area contributed by atoms with Crippen LogP contribution in [0.15, 0.2) is 35.3 Å². The topological polar surface area (TPSA) is 60.0 Å². The van der Waals surface area contributed by atoms with E-state index in [1.807, 2.05) is 0 Å². The summed E-state index contributed by atoms with van der Waals surface area (Å²) in [7, 11) is 3.52. The zero-order chi connectivity index (χ0) is 19.5. The van der Waals surface area contributed by atoms with Gasteiger partial charge < -0.3 is 15.5 Å². The maximum Gasteiger partial charge on any atom is 0.243 e. The minimum Gasteiger partial charge on any atom is -0.356 e. The quantitative estimate of drug-likeness (QED) is 0.237. The number of unbranched alkanes of at least 4 members (excludes halogenated alkanes) is 1. The lowest BCUT2D eigenvalue weighted by Crippen LogP contribution is -2.43. The fourth-order valence-electron chi connectivity index (χ4n) is 3.23. The Kier molecular flexibility index (Phi) is 12.1. The molecule has 1 aromatic rings. The largest absolute Gasteiger partial charge is 0.356 e. The summed E-state index contributed by atoms with van der Waals surface area (Å²) in [5, 5.41) is 6.84. The smallest absolute Gasteiger partial charge is 0.243 e. The molecule has 28 heavy (non-hydrogen) atoms. The number of aliphatic imine (C=N–C) groups is 1. The lowest BCUT2D eigenvalue weighted by atomic mass is 10.1. The first-order valence-corrected chi connectivity index (χ1v) is 10.1. The molecule has 0 radical (unpaired) electrons. The zero-order valence-electron chi connectivity index (χ0n) is 17.5. The minimum absolute atomic E-state index is 0. The molecular formula is C21H36IN5O. The average molecular weight is 501 g/mol. The molecule has 1 aliphatic heterocycles. The van der Waals surface area contributed by atoms with Crippen molar-refractivity contribution in [1.82, 2.24) is 20.4 Å². The number of likely N-dealkylation sites (tertiary alicyclic amines) is 1. The number of amides is 1. The Bertz CT molecular complexity index is 588. The molecule has 1 unspecified atom stereocenters. The maximum absolute atomic E-state index is 11.9. The highest BCUT2D eigenvalue weighted by Gasteiger charge is 2.23. The normalized spacial score (nSPS) is 15.6. The van der Waals surface area contributed by atoms with E-state index in [0.29, 0.717) is 6.04 Å².